The average Bonchev–Trinajstić information content (AvgIpc) is 2.34. The lowest BCUT2D eigenvalue weighted by Crippen LogP contribution is -2.22. The van der Waals surface area contributed by atoms with E-state index in [1.54, 1.807) is 0 Å². The maximum Gasteiger partial charge on any atom is 0.405 e. The Morgan fingerprint density at radius 3 is 2.74 bits per heavy atom. The van der Waals surface area contributed by atoms with Crippen molar-refractivity contribution in [3.8, 4) is 0 Å². The molecule has 1 heterocycles. The Bertz CT molecular complexity index is 628. The summed E-state index contributed by atoms with van der Waals surface area (Å²) in [5.41, 5.74) is 0.428. The molecular formula is C11H8F3N3O2. The zero-order valence-corrected chi connectivity index (χ0v) is 9.40. The summed E-state index contributed by atoms with van der Waals surface area (Å²) in [6, 6.07) is 4.09. The van der Waals surface area contributed by atoms with E-state index in [0.717, 1.165) is 0 Å². The number of anilines is 1. The van der Waals surface area contributed by atoms with E-state index in [0.29, 0.717) is 10.9 Å². The van der Waals surface area contributed by atoms with Crippen LogP contribution in [0.5, 0.6) is 0 Å². The molecule has 5 nitrogen and oxygen atoms in total. The second-order valence-electron chi connectivity index (χ2n) is 3.74. The molecule has 2 N–H and O–H groups in total. The Kier molecular flexibility index (Phi) is 3.24. The summed E-state index contributed by atoms with van der Waals surface area (Å²) in [6.07, 6.45) is -3.08. The van der Waals surface area contributed by atoms with E-state index >= 15 is 0 Å². The summed E-state index contributed by atoms with van der Waals surface area (Å²) < 4.78 is 36.0. The third kappa shape index (κ3) is 3.30. The fraction of sp³-hybridized carbons (Fsp3) is 0.182. The standard InChI is InChI=1S/C11H8F3N3O2/c12-11(13,14)5-16-10-15-4-7-3-6(9(18)19)1-2-8(7)17-10/h1-4H,5H2,(H,18,19)(H,15,16,17). The van der Waals surface area contributed by atoms with Crippen molar-refractivity contribution in [2.75, 3.05) is 11.9 Å². The van der Waals surface area contributed by atoms with Gasteiger partial charge >= 0.3 is 12.1 Å². The second-order valence-corrected chi connectivity index (χ2v) is 3.74. The van der Waals surface area contributed by atoms with Gasteiger partial charge in [0.25, 0.3) is 0 Å². The van der Waals surface area contributed by atoms with Gasteiger partial charge in [0.2, 0.25) is 5.95 Å². The molecule has 8 heteroatoms. The summed E-state index contributed by atoms with van der Waals surface area (Å²) in [4.78, 5) is 18.3. The highest BCUT2D eigenvalue weighted by Crippen LogP contribution is 2.17. The molecule has 2 rings (SSSR count). The summed E-state index contributed by atoms with van der Waals surface area (Å²) >= 11 is 0. The van der Waals surface area contributed by atoms with Crippen LogP contribution < -0.4 is 5.32 Å². The number of benzene rings is 1. The lowest BCUT2D eigenvalue weighted by molar-refractivity contribution is -0.115. The minimum atomic E-state index is -4.36. The molecule has 0 aliphatic heterocycles. The second kappa shape index (κ2) is 4.71. The number of nitrogens with zero attached hydrogens (tertiary/aromatic N) is 2. The topological polar surface area (TPSA) is 75.1 Å². The number of fused-ring (bicyclic) bond motifs is 1. The fourth-order valence-corrected chi connectivity index (χ4v) is 1.43. The van der Waals surface area contributed by atoms with Gasteiger partial charge in [-0.25, -0.2) is 14.8 Å². The third-order valence-corrected chi connectivity index (χ3v) is 2.27. The molecule has 0 saturated carbocycles. The van der Waals surface area contributed by atoms with Crippen molar-refractivity contribution in [2.24, 2.45) is 0 Å². The van der Waals surface area contributed by atoms with E-state index < -0.39 is 18.7 Å². The summed E-state index contributed by atoms with van der Waals surface area (Å²) in [6.45, 7) is -1.23. The summed E-state index contributed by atoms with van der Waals surface area (Å²) in [7, 11) is 0. The normalized spacial score (nSPS) is 11.5. The van der Waals surface area contributed by atoms with Crippen molar-refractivity contribution in [3.63, 3.8) is 0 Å². The van der Waals surface area contributed by atoms with Crippen LogP contribution in [0.15, 0.2) is 24.4 Å². The molecule has 0 saturated heterocycles. The molecule has 0 aliphatic carbocycles. The molecule has 0 spiro atoms. The Morgan fingerprint density at radius 1 is 1.37 bits per heavy atom. The zero-order valence-electron chi connectivity index (χ0n) is 9.40. The van der Waals surface area contributed by atoms with Crippen LogP contribution in [0.4, 0.5) is 19.1 Å². The predicted octanol–water partition coefficient (Wildman–Crippen LogP) is 2.30. The van der Waals surface area contributed by atoms with Crippen molar-refractivity contribution in [3.05, 3.63) is 30.0 Å². The van der Waals surface area contributed by atoms with Gasteiger partial charge in [0.15, 0.2) is 0 Å². The van der Waals surface area contributed by atoms with Crippen LogP contribution in [0.25, 0.3) is 10.9 Å². The molecule has 1 aromatic carbocycles. The van der Waals surface area contributed by atoms with Crippen LogP contribution in [-0.4, -0.2) is 33.8 Å². The maximum absolute atomic E-state index is 12.0. The van der Waals surface area contributed by atoms with E-state index in [-0.39, 0.29) is 11.5 Å². The van der Waals surface area contributed by atoms with Crippen LogP contribution in [0.1, 0.15) is 10.4 Å². The van der Waals surface area contributed by atoms with Crippen LogP contribution in [-0.2, 0) is 0 Å². The number of carbonyl (C=O) groups is 1. The van der Waals surface area contributed by atoms with Gasteiger partial charge in [-0.1, -0.05) is 0 Å². The van der Waals surface area contributed by atoms with Crippen molar-refractivity contribution in [1.29, 1.82) is 0 Å². The Hall–Kier alpha value is -2.38. The van der Waals surface area contributed by atoms with Crippen LogP contribution in [0.2, 0.25) is 0 Å². The van der Waals surface area contributed by atoms with E-state index in [1.807, 2.05) is 0 Å². The largest absolute Gasteiger partial charge is 0.478 e. The van der Waals surface area contributed by atoms with Gasteiger partial charge < -0.3 is 10.4 Å². The van der Waals surface area contributed by atoms with E-state index in [1.165, 1.54) is 24.4 Å². The van der Waals surface area contributed by atoms with Crippen molar-refractivity contribution >= 4 is 22.8 Å². The van der Waals surface area contributed by atoms with Gasteiger partial charge in [-0.3, -0.25) is 0 Å². The van der Waals surface area contributed by atoms with Gasteiger partial charge in [-0.15, -0.1) is 0 Å². The fourth-order valence-electron chi connectivity index (χ4n) is 1.43. The van der Waals surface area contributed by atoms with Crippen molar-refractivity contribution in [2.45, 2.75) is 6.18 Å². The Balaban J connectivity index is 2.26. The Labute approximate surface area is 105 Å². The first-order chi connectivity index (χ1) is 8.85. The third-order valence-electron chi connectivity index (χ3n) is 2.27. The van der Waals surface area contributed by atoms with E-state index in [9.17, 15) is 18.0 Å². The van der Waals surface area contributed by atoms with Gasteiger partial charge in [0.05, 0.1) is 11.1 Å². The number of aromatic nitrogens is 2. The monoisotopic (exact) mass is 271 g/mol. The highest BCUT2D eigenvalue weighted by Gasteiger charge is 2.27. The molecule has 0 aliphatic rings. The number of halogens is 3. The van der Waals surface area contributed by atoms with Crippen LogP contribution in [0.3, 0.4) is 0 Å². The number of carboxylic acid groups (broad SMARTS) is 1. The van der Waals surface area contributed by atoms with E-state index in [4.69, 9.17) is 5.11 Å². The van der Waals surface area contributed by atoms with Crippen LogP contribution >= 0.6 is 0 Å². The minimum absolute atomic E-state index is 0.0621. The van der Waals surface area contributed by atoms with Crippen molar-refractivity contribution < 1.29 is 23.1 Å². The molecule has 0 unspecified atom stereocenters. The SMILES string of the molecule is O=C(O)c1ccc2nc(NCC(F)(F)F)ncc2c1. The first-order valence-corrected chi connectivity index (χ1v) is 5.16. The molecule has 2 aromatic rings. The number of hydrogen-bond donors (Lipinski definition) is 2. The molecule has 1 aromatic heterocycles. The maximum atomic E-state index is 12.0. The van der Waals surface area contributed by atoms with E-state index in [2.05, 4.69) is 15.3 Å². The molecule has 0 amide bonds. The lowest BCUT2D eigenvalue weighted by Gasteiger charge is -2.08. The van der Waals surface area contributed by atoms with Crippen LogP contribution in [0, 0.1) is 0 Å². The van der Waals surface area contributed by atoms with Gasteiger partial charge in [0, 0.05) is 11.6 Å². The zero-order chi connectivity index (χ0) is 14.0. The number of carboxylic acids is 1. The Morgan fingerprint density at radius 2 is 2.11 bits per heavy atom. The highest BCUT2D eigenvalue weighted by atomic mass is 19.4. The molecule has 19 heavy (non-hydrogen) atoms. The quantitative estimate of drug-likeness (QED) is 0.895. The number of rotatable bonds is 3. The molecule has 0 bridgehead atoms. The number of aromatic carboxylic acids is 1. The summed E-state index contributed by atoms with van der Waals surface area (Å²) in [5, 5.41) is 11.3. The first-order valence-electron chi connectivity index (χ1n) is 5.16. The van der Waals surface area contributed by atoms with Gasteiger partial charge in [0.1, 0.15) is 6.54 Å². The number of nitrogens with one attached hydrogen (secondary N) is 1. The minimum Gasteiger partial charge on any atom is -0.478 e. The van der Waals surface area contributed by atoms with Gasteiger partial charge in [-0.05, 0) is 18.2 Å². The highest BCUT2D eigenvalue weighted by molar-refractivity contribution is 5.93. The smallest absolute Gasteiger partial charge is 0.405 e. The first kappa shape index (κ1) is 13.1. The molecule has 0 fully saturated rings. The number of alkyl halides is 3. The van der Waals surface area contributed by atoms with Gasteiger partial charge in [-0.2, -0.15) is 13.2 Å². The average molecular weight is 271 g/mol. The molecule has 0 atom stereocenters. The van der Waals surface area contributed by atoms with Crippen molar-refractivity contribution in [1.82, 2.24) is 9.97 Å². The molecule has 0 radical (unpaired) electrons. The predicted molar refractivity (Wildman–Crippen MR) is 61.0 cm³/mol. The molecule has 100 valence electrons. The lowest BCUT2D eigenvalue weighted by atomic mass is 10.1. The molecular weight excluding hydrogens is 263 g/mol. The number of hydrogen-bond acceptors (Lipinski definition) is 4. The summed E-state index contributed by atoms with van der Waals surface area (Å²) in [5.74, 6) is -1.26.